The normalized spacial score (nSPS) is 10.6. The summed E-state index contributed by atoms with van der Waals surface area (Å²) in [5, 5.41) is 2.92. The maximum atomic E-state index is 11.8. The van der Waals surface area contributed by atoms with Crippen LogP contribution in [0.25, 0.3) is 21.8 Å². The van der Waals surface area contributed by atoms with E-state index in [9.17, 15) is 4.79 Å². The first-order valence-corrected chi connectivity index (χ1v) is 9.94. The van der Waals surface area contributed by atoms with Crippen molar-refractivity contribution in [3.63, 3.8) is 0 Å². The smallest absolute Gasteiger partial charge is 0.348 e. The second kappa shape index (κ2) is 7.38. The summed E-state index contributed by atoms with van der Waals surface area (Å²) in [6.45, 7) is 0. The Morgan fingerprint density at radius 2 is 1.96 bits per heavy atom. The summed E-state index contributed by atoms with van der Waals surface area (Å²) in [6.07, 6.45) is 1.99. The van der Waals surface area contributed by atoms with E-state index in [1.807, 2.05) is 42.0 Å². The molecule has 0 N–H and O–H groups in total. The van der Waals surface area contributed by atoms with E-state index in [1.165, 1.54) is 18.4 Å². The Labute approximate surface area is 152 Å². The van der Waals surface area contributed by atoms with Crippen LogP contribution in [0.4, 0.5) is 0 Å². The van der Waals surface area contributed by atoms with E-state index in [0.717, 1.165) is 31.8 Å². The number of carbonyl (C=O) groups excluding carboxylic acids is 1. The van der Waals surface area contributed by atoms with Gasteiger partial charge in [0.15, 0.2) is 0 Å². The fraction of sp³-hybridized carbons (Fsp3) is 0.176. The van der Waals surface area contributed by atoms with E-state index in [0.29, 0.717) is 4.88 Å². The molecule has 3 aromatic rings. The zero-order chi connectivity index (χ0) is 17.1. The van der Waals surface area contributed by atoms with Crippen molar-refractivity contribution in [3.05, 3.63) is 40.6 Å². The van der Waals surface area contributed by atoms with Gasteiger partial charge in [0.25, 0.3) is 0 Å². The van der Waals surface area contributed by atoms with Crippen LogP contribution < -0.4 is 4.74 Å². The number of methoxy groups -OCH3 is 2. The molecule has 0 saturated carbocycles. The molecule has 0 amide bonds. The molecule has 0 aliphatic carbocycles. The van der Waals surface area contributed by atoms with Gasteiger partial charge in [-0.1, -0.05) is 0 Å². The van der Waals surface area contributed by atoms with E-state index in [4.69, 9.17) is 14.5 Å². The lowest BCUT2D eigenvalue weighted by Crippen LogP contribution is -1.96. The summed E-state index contributed by atoms with van der Waals surface area (Å²) in [5.41, 5.74) is 2.93. The van der Waals surface area contributed by atoms with Gasteiger partial charge in [0.1, 0.15) is 15.6 Å². The lowest BCUT2D eigenvalue weighted by Gasteiger charge is -2.00. The first kappa shape index (κ1) is 17.0. The third-order valence-corrected chi connectivity index (χ3v) is 6.52. The Hall–Kier alpha value is -1.83. The highest BCUT2D eigenvalue weighted by atomic mass is 32.2. The van der Waals surface area contributed by atoms with Crippen molar-refractivity contribution in [2.45, 2.75) is 4.21 Å². The van der Waals surface area contributed by atoms with Gasteiger partial charge in [-0.3, -0.25) is 0 Å². The Bertz CT molecular complexity index is 852. The molecule has 0 radical (unpaired) electrons. The fourth-order valence-corrected chi connectivity index (χ4v) is 4.94. The van der Waals surface area contributed by atoms with Gasteiger partial charge in [-0.15, -0.1) is 34.4 Å². The lowest BCUT2D eigenvalue weighted by molar-refractivity contribution is 0.0606. The van der Waals surface area contributed by atoms with Gasteiger partial charge in [0.05, 0.1) is 24.1 Å². The van der Waals surface area contributed by atoms with Crippen molar-refractivity contribution in [2.75, 3.05) is 20.5 Å². The van der Waals surface area contributed by atoms with Crippen LogP contribution in [0, 0.1) is 0 Å². The monoisotopic (exact) mass is 377 g/mol. The molecule has 0 atom stereocenters. The molecule has 0 fully saturated rings. The second-order valence-electron chi connectivity index (χ2n) is 4.77. The molecule has 4 nitrogen and oxygen atoms in total. The largest absolute Gasteiger partial charge is 0.497 e. The minimum Gasteiger partial charge on any atom is -0.497 e. The van der Waals surface area contributed by atoms with Crippen molar-refractivity contribution in [2.24, 2.45) is 0 Å². The molecular formula is C17H15NO3S3. The van der Waals surface area contributed by atoms with Crippen LogP contribution in [0.2, 0.25) is 0 Å². The van der Waals surface area contributed by atoms with Crippen LogP contribution in [0.5, 0.6) is 5.75 Å². The maximum absolute atomic E-state index is 11.8. The average Bonchev–Trinajstić information content (AvgIpc) is 3.27. The highest BCUT2D eigenvalue weighted by molar-refractivity contribution is 8.00. The number of thiazole rings is 1. The summed E-state index contributed by atoms with van der Waals surface area (Å²) in [5.74, 6) is 0.507. The number of rotatable bonds is 5. The average molecular weight is 378 g/mol. The minimum atomic E-state index is -0.312. The Morgan fingerprint density at radius 1 is 1.21 bits per heavy atom. The van der Waals surface area contributed by atoms with E-state index in [2.05, 4.69) is 0 Å². The van der Waals surface area contributed by atoms with Gasteiger partial charge in [0.2, 0.25) is 0 Å². The molecular weight excluding hydrogens is 362 g/mol. The molecule has 124 valence electrons. The van der Waals surface area contributed by atoms with Crippen molar-refractivity contribution in [1.82, 2.24) is 4.98 Å². The standard InChI is InChI=1S/C17H15NO3S3/c1-20-11-6-4-10(5-7-11)13-9-23-15(18-13)12-8-14(16(19)21-2)24-17(12)22-3/h4-9H,1-3H3. The molecule has 2 aromatic heterocycles. The maximum Gasteiger partial charge on any atom is 0.348 e. The third kappa shape index (κ3) is 3.33. The summed E-state index contributed by atoms with van der Waals surface area (Å²) < 4.78 is 11.1. The molecule has 3 rings (SSSR count). The molecule has 24 heavy (non-hydrogen) atoms. The SMILES string of the molecule is COC(=O)c1cc(-c2nc(-c3ccc(OC)cc3)cs2)c(SC)s1. The Morgan fingerprint density at radius 3 is 2.58 bits per heavy atom. The second-order valence-corrected chi connectivity index (χ2v) is 7.76. The molecule has 0 aliphatic rings. The molecule has 0 unspecified atom stereocenters. The third-order valence-electron chi connectivity index (χ3n) is 3.39. The van der Waals surface area contributed by atoms with Crippen molar-refractivity contribution >= 4 is 40.4 Å². The highest BCUT2D eigenvalue weighted by Gasteiger charge is 2.18. The predicted octanol–water partition coefficient (Wildman–Crippen LogP) is 5.06. The van der Waals surface area contributed by atoms with Crippen LogP contribution in [-0.2, 0) is 4.74 Å². The molecule has 1 aromatic carbocycles. The van der Waals surface area contributed by atoms with Crippen LogP contribution in [0.15, 0.2) is 39.9 Å². The number of esters is 1. The molecule has 0 bridgehead atoms. The van der Waals surface area contributed by atoms with E-state index in [1.54, 1.807) is 30.2 Å². The first-order chi connectivity index (χ1) is 11.7. The van der Waals surface area contributed by atoms with Crippen molar-refractivity contribution in [1.29, 1.82) is 0 Å². The summed E-state index contributed by atoms with van der Waals surface area (Å²) in [7, 11) is 3.04. The topological polar surface area (TPSA) is 48.4 Å². The quantitative estimate of drug-likeness (QED) is 0.460. The predicted molar refractivity (Wildman–Crippen MR) is 101 cm³/mol. The Balaban J connectivity index is 1.95. The lowest BCUT2D eigenvalue weighted by atomic mass is 10.2. The highest BCUT2D eigenvalue weighted by Crippen LogP contribution is 2.40. The number of nitrogens with zero attached hydrogens (tertiary/aromatic N) is 1. The first-order valence-electron chi connectivity index (χ1n) is 7.02. The summed E-state index contributed by atoms with van der Waals surface area (Å²) in [4.78, 5) is 17.1. The number of thioether (sulfide) groups is 1. The number of carbonyl (C=O) groups is 1. The number of hydrogen-bond donors (Lipinski definition) is 0. The van der Waals surface area contributed by atoms with Crippen LogP contribution in [0.3, 0.4) is 0 Å². The number of hydrogen-bond acceptors (Lipinski definition) is 7. The zero-order valence-corrected chi connectivity index (χ0v) is 15.8. The molecule has 2 heterocycles. The van der Waals surface area contributed by atoms with Crippen molar-refractivity contribution in [3.8, 4) is 27.6 Å². The van der Waals surface area contributed by atoms with Crippen molar-refractivity contribution < 1.29 is 14.3 Å². The molecule has 0 spiro atoms. The van der Waals surface area contributed by atoms with Gasteiger partial charge < -0.3 is 9.47 Å². The van der Waals surface area contributed by atoms with Gasteiger partial charge in [0, 0.05) is 16.5 Å². The molecule has 0 saturated heterocycles. The number of thiophene rings is 1. The van der Waals surface area contributed by atoms with Gasteiger partial charge in [-0.25, -0.2) is 9.78 Å². The van der Waals surface area contributed by atoms with Gasteiger partial charge in [-0.05, 0) is 36.6 Å². The van der Waals surface area contributed by atoms with Crippen LogP contribution >= 0.6 is 34.4 Å². The molecule has 7 heteroatoms. The zero-order valence-electron chi connectivity index (χ0n) is 13.4. The van der Waals surface area contributed by atoms with Gasteiger partial charge >= 0.3 is 5.97 Å². The fourth-order valence-electron chi connectivity index (χ4n) is 2.17. The van der Waals surface area contributed by atoms with E-state index < -0.39 is 0 Å². The minimum absolute atomic E-state index is 0.312. The number of benzene rings is 1. The number of aromatic nitrogens is 1. The summed E-state index contributed by atoms with van der Waals surface area (Å²) >= 11 is 4.61. The van der Waals surface area contributed by atoms with E-state index in [-0.39, 0.29) is 5.97 Å². The van der Waals surface area contributed by atoms with Crippen LogP contribution in [-0.4, -0.2) is 31.4 Å². The summed E-state index contributed by atoms with van der Waals surface area (Å²) in [6, 6.07) is 9.67. The van der Waals surface area contributed by atoms with Gasteiger partial charge in [-0.2, -0.15) is 0 Å². The number of ether oxygens (including phenoxy) is 2. The van der Waals surface area contributed by atoms with E-state index >= 15 is 0 Å². The molecule has 0 aliphatic heterocycles. The van der Waals surface area contributed by atoms with Crippen LogP contribution in [0.1, 0.15) is 9.67 Å². The Kier molecular flexibility index (Phi) is 5.23.